The van der Waals surface area contributed by atoms with Gasteiger partial charge in [0.15, 0.2) is 0 Å². The molecule has 5 heteroatoms. The Labute approximate surface area is 145 Å². The second-order valence-corrected chi connectivity index (χ2v) is 7.09. The van der Waals surface area contributed by atoms with E-state index in [2.05, 4.69) is 26.0 Å². The van der Waals surface area contributed by atoms with Crippen molar-refractivity contribution in [3.63, 3.8) is 0 Å². The summed E-state index contributed by atoms with van der Waals surface area (Å²) in [5.74, 6) is 0.184. The molecule has 0 spiro atoms. The van der Waals surface area contributed by atoms with Gasteiger partial charge in [-0.15, -0.1) is 12.4 Å². The van der Waals surface area contributed by atoms with Crippen LogP contribution in [0, 0.1) is 5.41 Å². The molecular weight excluding hydrogens is 312 g/mol. The first kappa shape index (κ1) is 19.9. The Hall–Kier alpha value is -1.10. The Kier molecular flexibility index (Phi) is 7.05. The predicted octanol–water partition coefficient (Wildman–Crippen LogP) is 2.60. The van der Waals surface area contributed by atoms with Gasteiger partial charge in [0.25, 0.3) is 0 Å². The van der Waals surface area contributed by atoms with Crippen LogP contribution in [-0.4, -0.2) is 44.2 Å². The van der Waals surface area contributed by atoms with Gasteiger partial charge in [-0.2, -0.15) is 0 Å². The zero-order chi connectivity index (χ0) is 16.2. The monoisotopic (exact) mass is 340 g/mol. The third kappa shape index (κ3) is 4.46. The maximum Gasteiger partial charge on any atom is 0.233 e. The second kappa shape index (κ2) is 8.13. The maximum atomic E-state index is 13.2. The summed E-state index contributed by atoms with van der Waals surface area (Å²) in [4.78, 5) is 15.1. The maximum absolute atomic E-state index is 13.2. The van der Waals surface area contributed by atoms with Gasteiger partial charge in [-0.05, 0) is 30.4 Å². The molecule has 0 unspecified atom stereocenters. The van der Waals surface area contributed by atoms with Gasteiger partial charge < -0.3 is 15.4 Å². The Morgan fingerprint density at radius 3 is 2.35 bits per heavy atom. The summed E-state index contributed by atoms with van der Waals surface area (Å²) in [5.41, 5.74) is 6.38. The molecule has 1 aliphatic heterocycles. The number of benzene rings is 1. The zero-order valence-corrected chi connectivity index (χ0v) is 15.2. The highest BCUT2D eigenvalue weighted by molar-refractivity contribution is 5.88. The van der Waals surface area contributed by atoms with E-state index >= 15 is 0 Å². The minimum Gasteiger partial charge on any atom is -0.381 e. The van der Waals surface area contributed by atoms with Gasteiger partial charge in [-0.3, -0.25) is 4.79 Å². The fraction of sp³-hybridized carbons (Fsp3) is 0.611. The largest absolute Gasteiger partial charge is 0.381 e. The first-order valence-electron chi connectivity index (χ1n) is 8.00. The highest BCUT2D eigenvalue weighted by Crippen LogP contribution is 2.37. The highest BCUT2D eigenvalue weighted by Gasteiger charge is 2.43. The third-order valence-electron chi connectivity index (χ3n) is 4.65. The minimum absolute atomic E-state index is 0. The van der Waals surface area contributed by atoms with Gasteiger partial charge in [0.05, 0.1) is 5.41 Å². The quantitative estimate of drug-likeness (QED) is 0.896. The van der Waals surface area contributed by atoms with Crippen LogP contribution in [0.15, 0.2) is 30.3 Å². The van der Waals surface area contributed by atoms with Gasteiger partial charge in [-0.25, -0.2) is 0 Å². The number of likely N-dealkylation sites (N-methyl/N-ethyl adjacent to an activating group) is 1. The second-order valence-electron chi connectivity index (χ2n) is 7.09. The Morgan fingerprint density at radius 1 is 1.26 bits per heavy atom. The number of carbonyl (C=O) groups is 1. The molecule has 130 valence electrons. The summed E-state index contributed by atoms with van der Waals surface area (Å²) >= 11 is 0. The van der Waals surface area contributed by atoms with Gasteiger partial charge in [0, 0.05) is 26.8 Å². The van der Waals surface area contributed by atoms with Crippen LogP contribution in [0.25, 0.3) is 0 Å². The van der Waals surface area contributed by atoms with Crippen molar-refractivity contribution in [1.82, 2.24) is 4.90 Å². The lowest BCUT2D eigenvalue weighted by atomic mass is 9.72. The molecule has 0 bridgehead atoms. The van der Waals surface area contributed by atoms with Crippen molar-refractivity contribution in [3.05, 3.63) is 35.9 Å². The molecule has 0 aliphatic carbocycles. The first-order valence-corrected chi connectivity index (χ1v) is 8.00. The van der Waals surface area contributed by atoms with Crippen LogP contribution in [0.5, 0.6) is 0 Å². The topological polar surface area (TPSA) is 55.6 Å². The summed E-state index contributed by atoms with van der Waals surface area (Å²) in [6.45, 7) is 6.68. The van der Waals surface area contributed by atoms with Crippen molar-refractivity contribution in [1.29, 1.82) is 0 Å². The molecule has 1 fully saturated rings. The fourth-order valence-electron chi connectivity index (χ4n) is 3.25. The third-order valence-corrected chi connectivity index (χ3v) is 4.65. The van der Waals surface area contributed by atoms with Crippen LogP contribution in [0.4, 0.5) is 0 Å². The molecule has 0 saturated carbocycles. The van der Waals surface area contributed by atoms with Gasteiger partial charge in [0.1, 0.15) is 0 Å². The molecule has 0 aromatic heterocycles. The molecule has 1 heterocycles. The van der Waals surface area contributed by atoms with E-state index in [4.69, 9.17) is 10.5 Å². The van der Waals surface area contributed by atoms with Gasteiger partial charge in [-0.1, -0.05) is 44.2 Å². The summed E-state index contributed by atoms with van der Waals surface area (Å²) < 4.78 is 5.51. The van der Waals surface area contributed by atoms with Crippen LogP contribution in [0.2, 0.25) is 0 Å². The van der Waals surface area contributed by atoms with E-state index in [0.717, 1.165) is 18.4 Å². The van der Waals surface area contributed by atoms with E-state index in [-0.39, 0.29) is 23.7 Å². The number of amides is 1. The molecule has 4 nitrogen and oxygen atoms in total. The molecule has 0 radical (unpaired) electrons. The van der Waals surface area contributed by atoms with Crippen molar-refractivity contribution in [3.8, 4) is 0 Å². The fourth-order valence-corrected chi connectivity index (χ4v) is 3.25. The van der Waals surface area contributed by atoms with Crippen molar-refractivity contribution in [2.45, 2.75) is 32.1 Å². The van der Waals surface area contributed by atoms with Crippen LogP contribution < -0.4 is 5.73 Å². The van der Waals surface area contributed by atoms with Crippen LogP contribution in [-0.2, 0) is 14.9 Å². The summed E-state index contributed by atoms with van der Waals surface area (Å²) in [6.07, 6.45) is 1.48. The molecule has 1 amide bonds. The molecule has 23 heavy (non-hydrogen) atoms. The SMILES string of the molecule is CN(CC(C)(C)CN)C(=O)C1(c2ccccc2)CCOCC1.Cl. The molecule has 0 atom stereocenters. The van der Waals surface area contributed by atoms with E-state index in [1.54, 1.807) is 0 Å². The lowest BCUT2D eigenvalue weighted by Gasteiger charge is -2.41. The summed E-state index contributed by atoms with van der Waals surface area (Å²) in [5, 5.41) is 0. The number of halogens is 1. The molecule has 1 saturated heterocycles. The molecule has 1 aliphatic rings. The van der Waals surface area contributed by atoms with Crippen molar-refractivity contribution >= 4 is 18.3 Å². The highest BCUT2D eigenvalue weighted by atomic mass is 35.5. The molecule has 2 rings (SSSR count). The van der Waals surface area contributed by atoms with E-state index in [9.17, 15) is 4.79 Å². The number of nitrogens with zero attached hydrogens (tertiary/aromatic N) is 1. The van der Waals surface area contributed by atoms with Crippen molar-refractivity contribution in [2.75, 3.05) is 33.4 Å². The average molecular weight is 341 g/mol. The number of ether oxygens (including phenoxy) is 1. The zero-order valence-electron chi connectivity index (χ0n) is 14.4. The Morgan fingerprint density at radius 2 is 1.83 bits per heavy atom. The molecular formula is C18H29ClN2O2. The number of carbonyl (C=O) groups excluding carboxylic acids is 1. The summed E-state index contributed by atoms with van der Waals surface area (Å²) in [7, 11) is 1.89. The van der Waals surface area contributed by atoms with Crippen LogP contribution in [0.1, 0.15) is 32.3 Å². The first-order chi connectivity index (χ1) is 10.4. The number of nitrogens with two attached hydrogens (primary N) is 1. The smallest absolute Gasteiger partial charge is 0.233 e. The molecule has 1 aromatic rings. The van der Waals surface area contributed by atoms with Crippen LogP contribution in [0.3, 0.4) is 0 Å². The predicted molar refractivity (Wildman–Crippen MR) is 95.9 cm³/mol. The van der Waals surface area contributed by atoms with E-state index in [0.29, 0.717) is 26.3 Å². The minimum atomic E-state index is -0.459. The van der Waals surface area contributed by atoms with E-state index in [1.165, 1.54) is 0 Å². The molecule has 2 N–H and O–H groups in total. The number of rotatable bonds is 5. The summed E-state index contributed by atoms with van der Waals surface area (Å²) in [6, 6.07) is 10.1. The average Bonchev–Trinajstić information content (AvgIpc) is 2.55. The Bertz CT molecular complexity index is 499. The lowest BCUT2D eigenvalue weighted by Crippen LogP contribution is -2.51. The number of hydrogen-bond acceptors (Lipinski definition) is 3. The van der Waals surface area contributed by atoms with E-state index in [1.807, 2.05) is 30.1 Å². The number of hydrogen-bond donors (Lipinski definition) is 1. The van der Waals surface area contributed by atoms with Crippen LogP contribution >= 0.6 is 12.4 Å². The standard InChI is InChI=1S/C18H28N2O2.ClH/c1-17(2,13-19)14-20(3)16(21)18(9-11-22-12-10-18)15-7-5-4-6-8-15;/h4-8H,9-14,19H2,1-3H3;1H. The Balaban J connectivity index is 0.00000264. The van der Waals surface area contributed by atoms with Gasteiger partial charge in [0.2, 0.25) is 5.91 Å². The van der Waals surface area contributed by atoms with Gasteiger partial charge >= 0.3 is 0 Å². The van der Waals surface area contributed by atoms with Crippen molar-refractivity contribution < 1.29 is 9.53 Å². The molecule has 1 aromatic carbocycles. The van der Waals surface area contributed by atoms with E-state index < -0.39 is 5.41 Å². The van der Waals surface area contributed by atoms with Crippen molar-refractivity contribution in [2.24, 2.45) is 11.1 Å². The normalized spacial score (nSPS) is 17.2. The lowest BCUT2D eigenvalue weighted by molar-refractivity contribution is -0.141.